The standard InChI is InChI=1S/C14H21NO3/c1-14(2,3)18-11-7-5-6-10(8-11)9-12(15-4)13(16)17/h5-8,12,15H,9H2,1-4H3,(H,16,17). The SMILES string of the molecule is CNC(Cc1cccc(OC(C)(C)C)c1)C(=O)O. The van der Waals surface area contributed by atoms with Crippen LogP contribution in [-0.4, -0.2) is 29.8 Å². The van der Waals surface area contributed by atoms with Gasteiger partial charge in [0.1, 0.15) is 17.4 Å². The average molecular weight is 251 g/mol. The molecule has 100 valence electrons. The molecular formula is C14H21NO3. The van der Waals surface area contributed by atoms with Gasteiger partial charge in [-0.05, 0) is 51.9 Å². The Kier molecular flexibility index (Phi) is 4.73. The van der Waals surface area contributed by atoms with Crippen molar-refractivity contribution in [1.82, 2.24) is 5.32 Å². The zero-order valence-corrected chi connectivity index (χ0v) is 11.4. The molecule has 0 aliphatic rings. The smallest absolute Gasteiger partial charge is 0.321 e. The highest BCUT2D eigenvalue weighted by molar-refractivity contribution is 5.73. The molecular weight excluding hydrogens is 230 g/mol. The normalized spacial score (nSPS) is 13.1. The number of benzene rings is 1. The van der Waals surface area contributed by atoms with Crippen LogP contribution in [0.3, 0.4) is 0 Å². The minimum Gasteiger partial charge on any atom is -0.488 e. The Hall–Kier alpha value is -1.55. The molecule has 1 unspecified atom stereocenters. The number of carboxylic acid groups (broad SMARTS) is 1. The highest BCUT2D eigenvalue weighted by atomic mass is 16.5. The molecule has 0 bridgehead atoms. The topological polar surface area (TPSA) is 58.6 Å². The monoisotopic (exact) mass is 251 g/mol. The molecule has 0 amide bonds. The van der Waals surface area contributed by atoms with Crippen LogP contribution in [0.4, 0.5) is 0 Å². The maximum Gasteiger partial charge on any atom is 0.321 e. The van der Waals surface area contributed by atoms with E-state index in [4.69, 9.17) is 9.84 Å². The number of hydrogen-bond donors (Lipinski definition) is 2. The van der Waals surface area contributed by atoms with E-state index in [0.29, 0.717) is 6.42 Å². The molecule has 18 heavy (non-hydrogen) atoms. The van der Waals surface area contributed by atoms with E-state index in [1.807, 2.05) is 45.0 Å². The molecule has 4 heteroatoms. The lowest BCUT2D eigenvalue weighted by molar-refractivity contribution is -0.139. The lowest BCUT2D eigenvalue weighted by atomic mass is 10.1. The van der Waals surface area contributed by atoms with Crippen molar-refractivity contribution in [3.8, 4) is 5.75 Å². The lowest BCUT2D eigenvalue weighted by Crippen LogP contribution is -2.35. The first-order chi connectivity index (χ1) is 8.31. The van der Waals surface area contributed by atoms with Gasteiger partial charge < -0.3 is 15.2 Å². The van der Waals surface area contributed by atoms with Crippen LogP contribution in [0.25, 0.3) is 0 Å². The second kappa shape index (κ2) is 5.87. The van der Waals surface area contributed by atoms with Crippen LogP contribution >= 0.6 is 0 Å². The van der Waals surface area contributed by atoms with E-state index in [1.54, 1.807) is 7.05 Å². The van der Waals surface area contributed by atoms with Gasteiger partial charge >= 0.3 is 5.97 Å². The second-order valence-electron chi connectivity index (χ2n) is 5.25. The maximum absolute atomic E-state index is 11.0. The molecule has 0 aromatic heterocycles. The van der Waals surface area contributed by atoms with E-state index in [-0.39, 0.29) is 5.60 Å². The number of likely N-dealkylation sites (N-methyl/N-ethyl adjacent to an activating group) is 1. The summed E-state index contributed by atoms with van der Waals surface area (Å²) in [5, 5.41) is 11.8. The summed E-state index contributed by atoms with van der Waals surface area (Å²) in [6, 6.07) is 6.98. The predicted octanol–water partition coefficient (Wildman–Crippen LogP) is 2.08. The Balaban J connectivity index is 2.79. The summed E-state index contributed by atoms with van der Waals surface area (Å²) in [6.07, 6.45) is 0.438. The fraction of sp³-hybridized carbons (Fsp3) is 0.500. The van der Waals surface area contributed by atoms with E-state index >= 15 is 0 Å². The first-order valence-corrected chi connectivity index (χ1v) is 6.00. The fourth-order valence-electron chi connectivity index (χ4n) is 1.64. The molecule has 1 atom stereocenters. The zero-order chi connectivity index (χ0) is 13.8. The van der Waals surface area contributed by atoms with Gasteiger partial charge in [-0.25, -0.2) is 0 Å². The van der Waals surface area contributed by atoms with Crippen LogP contribution in [0.1, 0.15) is 26.3 Å². The lowest BCUT2D eigenvalue weighted by Gasteiger charge is -2.22. The molecule has 0 aliphatic heterocycles. The number of carbonyl (C=O) groups is 1. The Labute approximate surface area is 108 Å². The number of hydrogen-bond acceptors (Lipinski definition) is 3. The number of ether oxygens (including phenoxy) is 1. The molecule has 0 radical (unpaired) electrons. The Bertz CT molecular complexity index is 410. The van der Waals surface area contributed by atoms with Crippen molar-refractivity contribution in [3.63, 3.8) is 0 Å². The zero-order valence-electron chi connectivity index (χ0n) is 11.4. The van der Waals surface area contributed by atoms with Crippen LogP contribution in [0.2, 0.25) is 0 Å². The Morgan fingerprint density at radius 1 is 1.44 bits per heavy atom. The molecule has 1 aromatic carbocycles. The summed E-state index contributed by atoms with van der Waals surface area (Å²) < 4.78 is 5.75. The third-order valence-corrected chi connectivity index (χ3v) is 2.41. The summed E-state index contributed by atoms with van der Waals surface area (Å²) in [5.41, 5.74) is 0.687. The molecule has 0 saturated heterocycles. The summed E-state index contributed by atoms with van der Waals surface area (Å²) in [6.45, 7) is 5.94. The fourth-order valence-corrected chi connectivity index (χ4v) is 1.64. The minimum absolute atomic E-state index is 0.256. The summed E-state index contributed by atoms with van der Waals surface area (Å²) in [5.74, 6) is -0.0834. The van der Waals surface area contributed by atoms with E-state index < -0.39 is 12.0 Å². The molecule has 0 fully saturated rings. The average Bonchev–Trinajstić information content (AvgIpc) is 2.23. The Morgan fingerprint density at radius 3 is 2.61 bits per heavy atom. The first-order valence-electron chi connectivity index (χ1n) is 6.00. The molecule has 0 heterocycles. The van der Waals surface area contributed by atoms with E-state index in [0.717, 1.165) is 11.3 Å². The van der Waals surface area contributed by atoms with Gasteiger partial charge in [0, 0.05) is 0 Å². The van der Waals surface area contributed by atoms with Gasteiger partial charge in [0.15, 0.2) is 0 Å². The van der Waals surface area contributed by atoms with Gasteiger partial charge in [0.25, 0.3) is 0 Å². The summed E-state index contributed by atoms with van der Waals surface area (Å²) in [7, 11) is 1.65. The third kappa shape index (κ3) is 4.75. The number of rotatable bonds is 5. The van der Waals surface area contributed by atoms with Gasteiger partial charge in [-0.2, -0.15) is 0 Å². The van der Waals surface area contributed by atoms with Crippen LogP contribution in [0.5, 0.6) is 5.75 Å². The van der Waals surface area contributed by atoms with Crippen molar-refractivity contribution >= 4 is 5.97 Å². The van der Waals surface area contributed by atoms with Crippen molar-refractivity contribution in [3.05, 3.63) is 29.8 Å². The van der Waals surface area contributed by atoms with Gasteiger partial charge in [-0.15, -0.1) is 0 Å². The number of nitrogens with one attached hydrogen (secondary N) is 1. The highest BCUT2D eigenvalue weighted by Crippen LogP contribution is 2.20. The van der Waals surface area contributed by atoms with Gasteiger partial charge in [-0.1, -0.05) is 12.1 Å². The second-order valence-corrected chi connectivity index (χ2v) is 5.25. The van der Waals surface area contributed by atoms with Crippen molar-refractivity contribution in [2.45, 2.75) is 38.8 Å². The molecule has 4 nitrogen and oxygen atoms in total. The summed E-state index contributed by atoms with van der Waals surface area (Å²) >= 11 is 0. The molecule has 0 spiro atoms. The van der Waals surface area contributed by atoms with Crippen LogP contribution in [0, 0.1) is 0 Å². The molecule has 2 N–H and O–H groups in total. The Morgan fingerprint density at radius 2 is 2.11 bits per heavy atom. The molecule has 0 aliphatic carbocycles. The predicted molar refractivity (Wildman–Crippen MR) is 71.0 cm³/mol. The van der Waals surface area contributed by atoms with Crippen LogP contribution < -0.4 is 10.1 Å². The van der Waals surface area contributed by atoms with E-state index in [2.05, 4.69) is 5.32 Å². The third-order valence-electron chi connectivity index (χ3n) is 2.41. The summed E-state index contributed by atoms with van der Waals surface area (Å²) in [4.78, 5) is 11.0. The quantitative estimate of drug-likeness (QED) is 0.841. The van der Waals surface area contributed by atoms with Gasteiger partial charge in [0.2, 0.25) is 0 Å². The maximum atomic E-state index is 11.0. The number of aliphatic carboxylic acids is 1. The first kappa shape index (κ1) is 14.5. The van der Waals surface area contributed by atoms with Crippen molar-refractivity contribution in [2.75, 3.05) is 7.05 Å². The van der Waals surface area contributed by atoms with E-state index in [9.17, 15) is 4.79 Å². The van der Waals surface area contributed by atoms with Gasteiger partial charge in [-0.3, -0.25) is 4.79 Å². The van der Waals surface area contributed by atoms with E-state index in [1.165, 1.54) is 0 Å². The molecule has 0 saturated carbocycles. The van der Waals surface area contributed by atoms with Crippen LogP contribution in [0.15, 0.2) is 24.3 Å². The number of carboxylic acids is 1. The largest absolute Gasteiger partial charge is 0.488 e. The van der Waals surface area contributed by atoms with Crippen molar-refractivity contribution in [1.29, 1.82) is 0 Å². The van der Waals surface area contributed by atoms with Crippen molar-refractivity contribution < 1.29 is 14.6 Å². The molecule has 1 rings (SSSR count). The molecule has 1 aromatic rings. The minimum atomic E-state index is -0.848. The van der Waals surface area contributed by atoms with Crippen molar-refractivity contribution in [2.24, 2.45) is 0 Å². The highest BCUT2D eigenvalue weighted by Gasteiger charge is 2.16. The van der Waals surface area contributed by atoms with Crippen LogP contribution in [-0.2, 0) is 11.2 Å². The van der Waals surface area contributed by atoms with Gasteiger partial charge in [0.05, 0.1) is 0 Å².